The summed E-state index contributed by atoms with van der Waals surface area (Å²) >= 11 is 0. The van der Waals surface area contributed by atoms with E-state index < -0.39 is 5.97 Å². The number of aryl methyl sites for hydroxylation is 1. The van der Waals surface area contributed by atoms with Gasteiger partial charge in [-0.15, -0.1) is 0 Å². The van der Waals surface area contributed by atoms with Gasteiger partial charge in [0, 0.05) is 11.9 Å². The van der Waals surface area contributed by atoms with Crippen molar-refractivity contribution in [1.82, 2.24) is 4.98 Å². The Hall–Kier alpha value is -3.14. The number of aromatic nitrogens is 1. The van der Waals surface area contributed by atoms with Crippen LogP contribution in [0.2, 0.25) is 0 Å². The third kappa shape index (κ3) is 2.99. The molecule has 1 heterocycles. The van der Waals surface area contributed by atoms with Gasteiger partial charge >= 0.3 is 5.97 Å². The van der Waals surface area contributed by atoms with Crippen LogP contribution < -0.4 is 4.90 Å². The highest BCUT2D eigenvalue weighted by atomic mass is 16.5. The molecule has 3 rings (SSSR count). The summed E-state index contributed by atoms with van der Waals surface area (Å²) in [7, 11) is 1.37. The fourth-order valence-corrected chi connectivity index (χ4v) is 2.61. The van der Waals surface area contributed by atoms with Crippen LogP contribution in [0.3, 0.4) is 0 Å². The summed E-state index contributed by atoms with van der Waals surface area (Å²) in [4.78, 5) is 18.6. The van der Waals surface area contributed by atoms with Crippen molar-refractivity contribution in [2.75, 3.05) is 12.0 Å². The summed E-state index contributed by atoms with van der Waals surface area (Å²) in [5.74, 6) is 0.137. The topological polar surface area (TPSA) is 42.4 Å². The van der Waals surface area contributed by atoms with Gasteiger partial charge in [-0.05, 0) is 42.8 Å². The first-order valence-corrected chi connectivity index (χ1v) is 7.66. The van der Waals surface area contributed by atoms with E-state index in [2.05, 4.69) is 4.98 Å². The predicted molar refractivity (Wildman–Crippen MR) is 95.0 cm³/mol. The van der Waals surface area contributed by atoms with Gasteiger partial charge in [-0.2, -0.15) is 0 Å². The minimum absolute atomic E-state index is 0.410. The zero-order valence-electron chi connectivity index (χ0n) is 13.6. The van der Waals surface area contributed by atoms with E-state index in [1.54, 1.807) is 18.3 Å². The van der Waals surface area contributed by atoms with Crippen LogP contribution in [0, 0.1) is 6.92 Å². The first kappa shape index (κ1) is 15.7. The molecule has 3 aromatic rings. The number of methoxy groups -OCH3 is 1. The second kappa shape index (κ2) is 6.96. The van der Waals surface area contributed by atoms with Gasteiger partial charge in [-0.25, -0.2) is 9.78 Å². The molecule has 0 radical (unpaired) electrons. The van der Waals surface area contributed by atoms with Crippen LogP contribution in [0.1, 0.15) is 15.9 Å². The standard InChI is InChI=1S/C20H18N2O2/c1-15-9-6-7-13-18(15)22(16-10-4-3-5-11-16)19-17(20(23)24-2)12-8-14-21-19/h3-14H,1-2H3. The van der Waals surface area contributed by atoms with Gasteiger partial charge in [0.1, 0.15) is 5.56 Å². The Morgan fingerprint density at radius 2 is 1.67 bits per heavy atom. The van der Waals surface area contributed by atoms with E-state index >= 15 is 0 Å². The molecule has 0 fully saturated rings. The van der Waals surface area contributed by atoms with Crippen molar-refractivity contribution in [3.63, 3.8) is 0 Å². The first-order chi connectivity index (χ1) is 11.7. The summed E-state index contributed by atoms with van der Waals surface area (Å²) in [5, 5.41) is 0. The third-order valence-corrected chi connectivity index (χ3v) is 3.77. The molecule has 0 amide bonds. The molecule has 0 aliphatic heterocycles. The zero-order valence-corrected chi connectivity index (χ0v) is 13.6. The van der Waals surface area contributed by atoms with Gasteiger partial charge in [0.25, 0.3) is 0 Å². The molecule has 0 atom stereocenters. The van der Waals surface area contributed by atoms with Crippen molar-refractivity contribution >= 4 is 23.2 Å². The Morgan fingerprint density at radius 1 is 0.958 bits per heavy atom. The number of para-hydroxylation sites is 2. The molecule has 4 nitrogen and oxygen atoms in total. The Bertz CT molecular complexity index is 847. The molecule has 0 saturated carbocycles. The van der Waals surface area contributed by atoms with Crippen LogP contribution in [-0.2, 0) is 4.74 Å². The number of anilines is 3. The van der Waals surface area contributed by atoms with Gasteiger partial charge in [-0.1, -0.05) is 36.4 Å². The molecular formula is C20H18N2O2. The van der Waals surface area contributed by atoms with E-state index in [-0.39, 0.29) is 0 Å². The summed E-state index contributed by atoms with van der Waals surface area (Å²) in [6, 6.07) is 21.3. The lowest BCUT2D eigenvalue weighted by Gasteiger charge is -2.27. The van der Waals surface area contributed by atoms with Crippen molar-refractivity contribution in [3.8, 4) is 0 Å². The second-order valence-corrected chi connectivity index (χ2v) is 5.32. The highest BCUT2D eigenvalue weighted by Gasteiger charge is 2.22. The molecular weight excluding hydrogens is 300 g/mol. The number of pyridine rings is 1. The molecule has 0 N–H and O–H groups in total. The first-order valence-electron chi connectivity index (χ1n) is 7.66. The van der Waals surface area contributed by atoms with Crippen molar-refractivity contribution < 1.29 is 9.53 Å². The van der Waals surface area contributed by atoms with Crippen LogP contribution in [0.5, 0.6) is 0 Å². The van der Waals surface area contributed by atoms with E-state index in [9.17, 15) is 4.79 Å². The lowest BCUT2D eigenvalue weighted by molar-refractivity contribution is 0.0601. The fraction of sp³-hybridized carbons (Fsp3) is 0.100. The maximum atomic E-state index is 12.2. The monoisotopic (exact) mass is 318 g/mol. The lowest BCUT2D eigenvalue weighted by atomic mass is 10.1. The molecule has 0 unspecified atom stereocenters. The van der Waals surface area contributed by atoms with Crippen molar-refractivity contribution in [1.29, 1.82) is 0 Å². The average molecular weight is 318 g/mol. The summed E-state index contributed by atoms with van der Waals surface area (Å²) in [6.45, 7) is 2.03. The minimum Gasteiger partial charge on any atom is -0.465 e. The van der Waals surface area contributed by atoms with Crippen molar-refractivity contribution in [2.45, 2.75) is 6.92 Å². The number of carbonyl (C=O) groups is 1. The Labute approximate surface area is 141 Å². The number of esters is 1. The third-order valence-electron chi connectivity index (χ3n) is 3.77. The van der Waals surface area contributed by atoms with Crippen LogP contribution in [0.25, 0.3) is 0 Å². The van der Waals surface area contributed by atoms with Crippen molar-refractivity contribution in [3.05, 3.63) is 84.1 Å². The van der Waals surface area contributed by atoms with E-state index in [1.807, 2.05) is 66.4 Å². The number of hydrogen-bond donors (Lipinski definition) is 0. The van der Waals surface area contributed by atoms with E-state index in [0.29, 0.717) is 11.4 Å². The van der Waals surface area contributed by atoms with Gasteiger partial charge in [-0.3, -0.25) is 4.90 Å². The number of hydrogen-bond acceptors (Lipinski definition) is 4. The molecule has 2 aromatic carbocycles. The van der Waals surface area contributed by atoms with E-state index in [1.165, 1.54) is 7.11 Å². The largest absolute Gasteiger partial charge is 0.465 e. The molecule has 0 saturated heterocycles. The highest BCUT2D eigenvalue weighted by molar-refractivity contribution is 5.97. The molecule has 0 aliphatic carbocycles. The summed E-state index contributed by atoms with van der Waals surface area (Å²) in [6.07, 6.45) is 1.68. The Kier molecular flexibility index (Phi) is 4.57. The van der Waals surface area contributed by atoms with Crippen molar-refractivity contribution in [2.24, 2.45) is 0 Å². The van der Waals surface area contributed by atoms with Gasteiger partial charge in [0.2, 0.25) is 0 Å². The Morgan fingerprint density at radius 3 is 2.38 bits per heavy atom. The SMILES string of the molecule is COC(=O)c1cccnc1N(c1ccccc1)c1ccccc1C. The van der Waals surface area contributed by atoms with Gasteiger partial charge in [0.15, 0.2) is 5.82 Å². The maximum Gasteiger partial charge on any atom is 0.341 e. The molecule has 0 bridgehead atoms. The van der Waals surface area contributed by atoms with Gasteiger partial charge in [0.05, 0.1) is 12.8 Å². The maximum absolute atomic E-state index is 12.2. The highest BCUT2D eigenvalue weighted by Crippen LogP contribution is 2.36. The van der Waals surface area contributed by atoms with Gasteiger partial charge < -0.3 is 4.74 Å². The summed E-state index contributed by atoms with van der Waals surface area (Å²) < 4.78 is 4.92. The number of rotatable bonds is 4. The average Bonchev–Trinajstić information content (AvgIpc) is 2.64. The van der Waals surface area contributed by atoms with Crippen LogP contribution in [0.15, 0.2) is 72.9 Å². The normalized spacial score (nSPS) is 10.2. The summed E-state index contributed by atoms with van der Waals surface area (Å²) in [5.41, 5.74) is 3.40. The quantitative estimate of drug-likeness (QED) is 0.657. The zero-order chi connectivity index (χ0) is 16.9. The van der Waals surface area contributed by atoms with E-state index in [0.717, 1.165) is 16.9 Å². The predicted octanol–water partition coefficient (Wildman–Crippen LogP) is 4.65. The smallest absolute Gasteiger partial charge is 0.341 e. The number of nitrogens with zero attached hydrogens (tertiary/aromatic N) is 2. The van der Waals surface area contributed by atoms with Crippen LogP contribution >= 0.6 is 0 Å². The minimum atomic E-state index is -0.410. The fourth-order valence-electron chi connectivity index (χ4n) is 2.61. The molecule has 0 aliphatic rings. The number of benzene rings is 2. The second-order valence-electron chi connectivity index (χ2n) is 5.32. The molecule has 4 heteroatoms. The van der Waals surface area contributed by atoms with Crippen LogP contribution in [0.4, 0.5) is 17.2 Å². The molecule has 1 aromatic heterocycles. The lowest BCUT2D eigenvalue weighted by Crippen LogP contribution is -2.17. The van der Waals surface area contributed by atoms with E-state index in [4.69, 9.17) is 4.74 Å². The molecule has 24 heavy (non-hydrogen) atoms. The molecule has 120 valence electrons. The Balaban J connectivity index is 2.24. The number of ether oxygens (including phenoxy) is 1. The molecule has 0 spiro atoms. The van der Waals surface area contributed by atoms with Crippen LogP contribution in [-0.4, -0.2) is 18.1 Å². The number of carbonyl (C=O) groups excluding carboxylic acids is 1.